The molecule has 1 aromatic heterocycles. The van der Waals surface area contributed by atoms with Gasteiger partial charge in [-0.25, -0.2) is 0 Å². The molecule has 0 unspecified atom stereocenters. The Labute approximate surface area is 210 Å². The van der Waals surface area contributed by atoms with Crippen LogP contribution >= 0.6 is 0 Å². The molecule has 0 saturated carbocycles. The fourth-order valence-electron chi connectivity index (χ4n) is 5.78. The second kappa shape index (κ2) is 8.89. The number of nitrogens with zero attached hydrogens (tertiary/aromatic N) is 2. The minimum absolute atomic E-state index is 0.236. The summed E-state index contributed by atoms with van der Waals surface area (Å²) in [5, 5.41) is 9.62. The Hall–Kier alpha value is -3.46. The third-order valence-electron chi connectivity index (χ3n) is 7.46. The van der Waals surface area contributed by atoms with Gasteiger partial charge in [-0.3, -0.25) is 14.4 Å². The van der Waals surface area contributed by atoms with E-state index in [2.05, 4.69) is 29.6 Å². The van der Waals surface area contributed by atoms with Gasteiger partial charge < -0.3 is 24.8 Å². The number of carbonyl (C=O) groups excluding carboxylic acids is 3. The highest BCUT2D eigenvalue weighted by Crippen LogP contribution is 2.59. The molecule has 1 spiro atoms. The molecule has 3 aliphatic rings. The van der Waals surface area contributed by atoms with Crippen molar-refractivity contribution in [2.24, 2.45) is 17.8 Å². The number of hydrogen-bond acceptors (Lipinski definition) is 6. The van der Waals surface area contributed by atoms with Crippen LogP contribution in [-0.4, -0.2) is 51.6 Å². The van der Waals surface area contributed by atoms with Crippen LogP contribution in [0.3, 0.4) is 0 Å². The van der Waals surface area contributed by atoms with E-state index in [0.717, 1.165) is 12.0 Å². The van der Waals surface area contributed by atoms with Gasteiger partial charge in [-0.05, 0) is 31.7 Å². The van der Waals surface area contributed by atoms with Gasteiger partial charge in [0, 0.05) is 19.2 Å². The van der Waals surface area contributed by atoms with Gasteiger partial charge in [-0.15, -0.1) is 0 Å². The Bertz CT molecular complexity index is 1210. The van der Waals surface area contributed by atoms with E-state index in [0.29, 0.717) is 24.8 Å². The van der Waals surface area contributed by atoms with E-state index in [9.17, 15) is 14.4 Å². The summed E-state index contributed by atoms with van der Waals surface area (Å²) < 4.78 is 11.6. The molecule has 2 bridgehead atoms. The van der Waals surface area contributed by atoms with Crippen LogP contribution in [-0.2, 0) is 25.7 Å². The number of carbonyl (C=O) groups is 3. The number of benzene rings is 1. The molecule has 2 N–H and O–H groups in total. The van der Waals surface area contributed by atoms with Crippen molar-refractivity contribution in [3.63, 3.8) is 0 Å². The Balaban J connectivity index is 1.46. The summed E-state index contributed by atoms with van der Waals surface area (Å²) in [6.45, 7) is 8.41. The van der Waals surface area contributed by atoms with E-state index in [1.54, 1.807) is 24.8 Å². The lowest BCUT2D eigenvalue weighted by Gasteiger charge is -2.33. The summed E-state index contributed by atoms with van der Waals surface area (Å²) in [6, 6.07) is 10.3. The number of likely N-dealkylation sites (tertiary alicyclic amines) is 1. The molecule has 2 aromatic rings. The van der Waals surface area contributed by atoms with E-state index in [1.807, 2.05) is 42.5 Å². The van der Waals surface area contributed by atoms with Gasteiger partial charge in [0.2, 0.25) is 17.7 Å². The monoisotopic (exact) mass is 492 g/mol. The highest BCUT2D eigenvalue weighted by Gasteiger charge is 2.76. The van der Waals surface area contributed by atoms with Crippen LogP contribution in [0.1, 0.15) is 38.5 Å². The summed E-state index contributed by atoms with van der Waals surface area (Å²) >= 11 is 0. The average molecular weight is 493 g/mol. The number of amides is 3. The second-order valence-electron chi connectivity index (χ2n) is 10.6. The van der Waals surface area contributed by atoms with Crippen LogP contribution in [0.4, 0.5) is 5.82 Å². The standard InChI is InChI=1S/C27H32N4O5/c1-16(2)10-13-31-22(24(33)28-15-18-8-6-5-7-9-18)27-12-11-26(4,36-27)20(21(27)25(31)34)23(32)29-19-14-17(3)35-30-19/h5-9,11-12,14,16,20-22H,10,13,15H2,1-4H3,(H,28,33)(H,29,30,32)/t20-,21-,22+,26-,27+/m0/s1. The molecule has 3 amide bonds. The number of anilines is 1. The maximum atomic E-state index is 13.9. The van der Waals surface area contributed by atoms with Crippen LogP contribution in [0, 0.1) is 24.7 Å². The lowest BCUT2D eigenvalue weighted by molar-refractivity contribution is -0.144. The van der Waals surface area contributed by atoms with Crippen molar-refractivity contribution in [2.45, 2.75) is 57.9 Å². The first kappa shape index (κ1) is 24.2. The van der Waals surface area contributed by atoms with Crippen molar-refractivity contribution < 1.29 is 23.6 Å². The number of ether oxygens (including phenoxy) is 1. The third-order valence-corrected chi connectivity index (χ3v) is 7.46. The van der Waals surface area contributed by atoms with Crippen molar-refractivity contribution in [1.29, 1.82) is 0 Å². The lowest BCUT2D eigenvalue weighted by atomic mass is 9.70. The molecule has 3 aliphatic heterocycles. The van der Waals surface area contributed by atoms with Crippen LogP contribution in [0.15, 0.2) is 53.1 Å². The van der Waals surface area contributed by atoms with Gasteiger partial charge in [-0.1, -0.05) is 61.5 Å². The fourth-order valence-corrected chi connectivity index (χ4v) is 5.78. The number of hydrogen-bond donors (Lipinski definition) is 2. The van der Waals surface area contributed by atoms with Crippen molar-refractivity contribution in [3.8, 4) is 0 Å². The molecule has 2 fully saturated rings. The predicted molar refractivity (Wildman–Crippen MR) is 131 cm³/mol. The Morgan fingerprint density at radius 3 is 2.58 bits per heavy atom. The Morgan fingerprint density at radius 2 is 1.92 bits per heavy atom. The highest BCUT2D eigenvalue weighted by atomic mass is 16.5. The number of aromatic nitrogens is 1. The van der Waals surface area contributed by atoms with Crippen molar-refractivity contribution in [1.82, 2.24) is 15.4 Å². The average Bonchev–Trinajstić information content (AvgIpc) is 3.54. The van der Waals surface area contributed by atoms with Crippen molar-refractivity contribution in [2.75, 3.05) is 11.9 Å². The Morgan fingerprint density at radius 1 is 1.17 bits per heavy atom. The molecule has 5 atom stereocenters. The van der Waals surface area contributed by atoms with Crippen molar-refractivity contribution in [3.05, 3.63) is 59.9 Å². The van der Waals surface area contributed by atoms with Gasteiger partial charge in [-0.2, -0.15) is 0 Å². The molecule has 0 radical (unpaired) electrons. The van der Waals surface area contributed by atoms with Crippen LogP contribution < -0.4 is 10.6 Å². The summed E-state index contributed by atoms with van der Waals surface area (Å²) in [4.78, 5) is 42.7. The van der Waals surface area contributed by atoms with Crippen LogP contribution in [0.5, 0.6) is 0 Å². The molecule has 2 saturated heterocycles. The molecule has 9 nitrogen and oxygen atoms in total. The molecule has 4 heterocycles. The largest absolute Gasteiger partial charge is 0.360 e. The van der Waals surface area contributed by atoms with Crippen LogP contribution in [0.25, 0.3) is 0 Å². The SMILES string of the molecule is Cc1cc(NC(=O)[C@@H]2[C@H]3C(=O)N(CCC(C)C)[C@H](C(=O)NCc4ccccc4)[C@@]34C=C[C@]2(C)O4)no1. The van der Waals surface area contributed by atoms with Crippen molar-refractivity contribution >= 4 is 23.5 Å². The zero-order chi connectivity index (χ0) is 25.7. The second-order valence-corrected chi connectivity index (χ2v) is 10.6. The lowest BCUT2D eigenvalue weighted by Crippen LogP contribution is -2.54. The van der Waals surface area contributed by atoms with E-state index < -0.39 is 29.1 Å². The first-order valence-electron chi connectivity index (χ1n) is 12.4. The molecule has 9 heteroatoms. The molecular weight excluding hydrogens is 460 g/mol. The predicted octanol–water partition coefficient (Wildman–Crippen LogP) is 2.82. The van der Waals surface area contributed by atoms with E-state index in [4.69, 9.17) is 9.26 Å². The summed E-state index contributed by atoms with van der Waals surface area (Å²) in [5.74, 6) is -1.38. The normalized spacial score (nSPS) is 30.2. The number of aryl methyl sites for hydroxylation is 1. The minimum atomic E-state index is -1.22. The minimum Gasteiger partial charge on any atom is -0.360 e. The fraction of sp³-hybridized carbons (Fsp3) is 0.481. The third kappa shape index (κ3) is 3.91. The molecular formula is C27H32N4O5. The number of nitrogens with one attached hydrogen (secondary N) is 2. The Kier molecular flexibility index (Phi) is 5.98. The van der Waals surface area contributed by atoms with Gasteiger partial charge in [0.05, 0.1) is 17.4 Å². The first-order chi connectivity index (χ1) is 17.1. The molecule has 5 rings (SSSR count). The number of fused-ring (bicyclic) bond motifs is 1. The maximum absolute atomic E-state index is 13.9. The quantitative estimate of drug-likeness (QED) is 0.548. The summed E-state index contributed by atoms with van der Waals surface area (Å²) in [6.07, 6.45) is 4.37. The van der Waals surface area contributed by atoms with Gasteiger partial charge >= 0.3 is 0 Å². The smallest absolute Gasteiger partial charge is 0.246 e. The zero-order valence-electron chi connectivity index (χ0n) is 21.0. The van der Waals surface area contributed by atoms with Crippen LogP contribution in [0.2, 0.25) is 0 Å². The maximum Gasteiger partial charge on any atom is 0.246 e. The summed E-state index contributed by atoms with van der Waals surface area (Å²) in [7, 11) is 0. The molecule has 0 aliphatic carbocycles. The highest BCUT2D eigenvalue weighted by molar-refractivity contribution is 6.03. The zero-order valence-corrected chi connectivity index (χ0v) is 21.0. The van der Waals surface area contributed by atoms with E-state index in [-0.39, 0.29) is 23.5 Å². The van der Waals surface area contributed by atoms with Gasteiger partial charge in [0.25, 0.3) is 0 Å². The number of rotatable bonds is 8. The molecule has 1 aromatic carbocycles. The van der Waals surface area contributed by atoms with Gasteiger partial charge in [0.1, 0.15) is 17.4 Å². The van der Waals surface area contributed by atoms with E-state index >= 15 is 0 Å². The summed E-state index contributed by atoms with van der Waals surface area (Å²) in [5.41, 5.74) is -1.28. The first-order valence-corrected chi connectivity index (χ1v) is 12.4. The van der Waals surface area contributed by atoms with E-state index in [1.165, 1.54) is 0 Å². The molecule has 190 valence electrons. The topological polar surface area (TPSA) is 114 Å². The molecule has 36 heavy (non-hydrogen) atoms. The van der Waals surface area contributed by atoms with Gasteiger partial charge in [0.15, 0.2) is 5.82 Å².